The summed E-state index contributed by atoms with van der Waals surface area (Å²) in [5, 5.41) is 2.86. The highest BCUT2D eigenvalue weighted by Gasteiger charge is 2.36. The Morgan fingerprint density at radius 1 is 1.25 bits per heavy atom. The quantitative estimate of drug-likeness (QED) is 0.800. The van der Waals surface area contributed by atoms with Crippen LogP contribution in [-0.4, -0.2) is 41.9 Å². The normalized spacial score (nSPS) is 15.8. The van der Waals surface area contributed by atoms with Crippen molar-refractivity contribution < 1.29 is 14.3 Å². The standard InChI is InChI=1S/C18H27N3O3/c1-3-21(4-2)16(22)13-24-15-9-7-8-14(12-15)20-17(23)18(19)10-5-6-11-18/h7-9,12H,3-6,10-11,13,19H2,1-2H3,(H,20,23). The van der Waals surface area contributed by atoms with E-state index in [2.05, 4.69) is 5.32 Å². The molecule has 0 saturated heterocycles. The minimum atomic E-state index is -0.768. The Balaban J connectivity index is 1.94. The Kier molecular flexibility index (Phi) is 6.20. The smallest absolute Gasteiger partial charge is 0.260 e. The summed E-state index contributed by atoms with van der Waals surface area (Å²) in [4.78, 5) is 26.0. The number of anilines is 1. The Hall–Kier alpha value is -2.08. The van der Waals surface area contributed by atoms with E-state index in [9.17, 15) is 9.59 Å². The molecular formula is C18H27N3O3. The lowest BCUT2D eigenvalue weighted by Gasteiger charge is -2.22. The third kappa shape index (κ3) is 4.47. The number of hydrogen-bond acceptors (Lipinski definition) is 4. The molecule has 3 N–H and O–H groups in total. The van der Waals surface area contributed by atoms with Gasteiger partial charge in [0.25, 0.3) is 5.91 Å². The van der Waals surface area contributed by atoms with Gasteiger partial charge in [-0.25, -0.2) is 0 Å². The molecule has 6 heteroatoms. The third-order valence-electron chi connectivity index (χ3n) is 4.52. The zero-order valence-corrected chi connectivity index (χ0v) is 14.5. The van der Waals surface area contributed by atoms with E-state index in [0.29, 0.717) is 37.4 Å². The summed E-state index contributed by atoms with van der Waals surface area (Å²) in [6.45, 7) is 5.17. The van der Waals surface area contributed by atoms with Gasteiger partial charge in [0.2, 0.25) is 5.91 Å². The number of carbonyl (C=O) groups is 2. The number of hydrogen-bond donors (Lipinski definition) is 2. The van der Waals surface area contributed by atoms with Crippen molar-refractivity contribution in [2.45, 2.75) is 45.1 Å². The maximum absolute atomic E-state index is 12.3. The van der Waals surface area contributed by atoms with Crippen LogP contribution in [0.1, 0.15) is 39.5 Å². The van der Waals surface area contributed by atoms with Gasteiger partial charge in [0, 0.05) is 24.8 Å². The lowest BCUT2D eigenvalue weighted by atomic mass is 9.98. The second-order valence-electron chi connectivity index (χ2n) is 6.20. The molecule has 2 amide bonds. The van der Waals surface area contributed by atoms with Crippen LogP contribution in [0.3, 0.4) is 0 Å². The van der Waals surface area contributed by atoms with Crippen LogP contribution in [0.2, 0.25) is 0 Å². The number of ether oxygens (including phenoxy) is 1. The fraction of sp³-hybridized carbons (Fsp3) is 0.556. The van der Waals surface area contributed by atoms with Crippen LogP contribution >= 0.6 is 0 Å². The molecule has 0 aliphatic heterocycles. The van der Waals surface area contributed by atoms with Crippen LogP contribution in [0.4, 0.5) is 5.69 Å². The minimum absolute atomic E-state index is 0.0140. The first-order valence-corrected chi connectivity index (χ1v) is 8.59. The molecule has 24 heavy (non-hydrogen) atoms. The first-order chi connectivity index (χ1) is 11.5. The molecule has 6 nitrogen and oxygen atoms in total. The fourth-order valence-electron chi connectivity index (χ4n) is 2.96. The lowest BCUT2D eigenvalue weighted by molar-refractivity contribution is -0.133. The molecule has 132 valence electrons. The molecule has 0 unspecified atom stereocenters. The molecule has 0 heterocycles. The van der Waals surface area contributed by atoms with E-state index in [0.717, 1.165) is 12.8 Å². The van der Waals surface area contributed by atoms with E-state index in [1.165, 1.54) is 0 Å². The van der Waals surface area contributed by atoms with Gasteiger partial charge in [0.05, 0.1) is 5.54 Å². The maximum Gasteiger partial charge on any atom is 0.260 e. The lowest BCUT2D eigenvalue weighted by Crippen LogP contribution is -2.48. The highest BCUT2D eigenvalue weighted by atomic mass is 16.5. The summed E-state index contributed by atoms with van der Waals surface area (Å²) < 4.78 is 5.55. The van der Waals surface area contributed by atoms with Crippen molar-refractivity contribution in [2.75, 3.05) is 25.0 Å². The van der Waals surface area contributed by atoms with Gasteiger partial charge in [-0.1, -0.05) is 18.9 Å². The number of carbonyl (C=O) groups excluding carboxylic acids is 2. The third-order valence-corrected chi connectivity index (χ3v) is 4.52. The van der Waals surface area contributed by atoms with Crippen LogP contribution in [0.5, 0.6) is 5.75 Å². The predicted molar refractivity (Wildman–Crippen MR) is 93.9 cm³/mol. The average Bonchev–Trinajstić information content (AvgIpc) is 3.02. The molecule has 0 spiro atoms. The number of rotatable bonds is 7. The zero-order chi connectivity index (χ0) is 17.6. The molecule has 0 radical (unpaired) electrons. The number of nitrogens with two attached hydrogens (primary N) is 1. The van der Waals surface area contributed by atoms with E-state index in [4.69, 9.17) is 10.5 Å². The first-order valence-electron chi connectivity index (χ1n) is 8.59. The summed E-state index contributed by atoms with van der Waals surface area (Å²) in [6.07, 6.45) is 3.40. The van der Waals surface area contributed by atoms with Gasteiger partial charge >= 0.3 is 0 Å². The van der Waals surface area contributed by atoms with Gasteiger partial charge in [-0.2, -0.15) is 0 Å². The van der Waals surface area contributed by atoms with Crippen molar-refractivity contribution in [1.82, 2.24) is 4.90 Å². The number of nitrogens with one attached hydrogen (secondary N) is 1. The Morgan fingerprint density at radius 2 is 1.92 bits per heavy atom. The molecule has 1 aliphatic carbocycles. The molecule has 1 aliphatic rings. The maximum atomic E-state index is 12.3. The molecule has 0 bridgehead atoms. The average molecular weight is 333 g/mol. The summed E-state index contributed by atoms with van der Waals surface area (Å²) in [7, 11) is 0. The van der Waals surface area contributed by atoms with Crippen LogP contribution in [-0.2, 0) is 9.59 Å². The van der Waals surface area contributed by atoms with Crippen molar-refractivity contribution in [3.8, 4) is 5.75 Å². The van der Waals surface area contributed by atoms with Gasteiger partial charge in [-0.05, 0) is 38.8 Å². The van der Waals surface area contributed by atoms with Gasteiger partial charge in [0.15, 0.2) is 6.61 Å². The topological polar surface area (TPSA) is 84.7 Å². The van der Waals surface area contributed by atoms with Crippen LogP contribution < -0.4 is 15.8 Å². The Morgan fingerprint density at radius 3 is 2.54 bits per heavy atom. The van der Waals surface area contributed by atoms with Crippen LogP contribution in [0.25, 0.3) is 0 Å². The molecule has 1 aromatic carbocycles. The SMILES string of the molecule is CCN(CC)C(=O)COc1cccc(NC(=O)C2(N)CCCC2)c1. The molecule has 1 fully saturated rings. The monoisotopic (exact) mass is 333 g/mol. The number of nitrogens with zero attached hydrogens (tertiary/aromatic N) is 1. The summed E-state index contributed by atoms with van der Waals surface area (Å²) >= 11 is 0. The second kappa shape index (κ2) is 8.15. The van der Waals surface area contributed by atoms with Crippen LogP contribution in [0, 0.1) is 0 Å². The summed E-state index contributed by atoms with van der Waals surface area (Å²) in [5.74, 6) is 0.337. The highest BCUT2D eigenvalue weighted by molar-refractivity contribution is 5.98. The van der Waals surface area contributed by atoms with E-state index < -0.39 is 5.54 Å². The summed E-state index contributed by atoms with van der Waals surface area (Å²) in [6, 6.07) is 7.05. The number of amides is 2. The molecule has 2 rings (SSSR count). The molecule has 1 saturated carbocycles. The largest absolute Gasteiger partial charge is 0.484 e. The van der Waals surface area contributed by atoms with E-state index in [1.54, 1.807) is 29.2 Å². The van der Waals surface area contributed by atoms with Crippen molar-refractivity contribution >= 4 is 17.5 Å². The van der Waals surface area contributed by atoms with Crippen molar-refractivity contribution in [3.63, 3.8) is 0 Å². The summed E-state index contributed by atoms with van der Waals surface area (Å²) in [5.41, 5.74) is 6.02. The van der Waals surface area contributed by atoms with E-state index >= 15 is 0 Å². The van der Waals surface area contributed by atoms with Crippen molar-refractivity contribution in [3.05, 3.63) is 24.3 Å². The van der Waals surface area contributed by atoms with Gasteiger partial charge < -0.3 is 20.7 Å². The second-order valence-corrected chi connectivity index (χ2v) is 6.20. The Bertz CT molecular complexity index is 579. The predicted octanol–water partition coefficient (Wildman–Crippen LogP) is 2.14. The van der Waals surface area contributed by atoms with E-state index in [-0.39, 0.29) is 18.4 Å². The van der Waals surface area contributed by atoms with Gasteiger partial charge in [0.1, 0.15) is 5.75 Å². The zero-order valence-electron chi connectivity index (χ0n) is 14.5. The number of likely N-dealkylation sites (N-methyl/N-ethyl adjacent to an activating group) is 1. The van der Waals surface area contributed by atoms with Gasteiger partial charge in [-0.15, -0.1) is 0 Å². The van der Waals surface area contributed by atoms with Crippen molar-refractivity contribution in [2.24, 2.45) is 5.73 Å². The Labute approximate surface area is 143 Å². The van der Waals surface area contributed by atoms with E-state index in [1.807, 2.05) is 13.8 Å². The number of benzene rings is 1. The van der Waals surface area contributed by atoms with Crippen molar-refractivity contribution in [1.29, 1.82) is 0 Å². The highest BCUT2D eigenvalue weighted by Crippen LogP contribution is 2.29. The molecular weight excluding hydrogens is 306 g/mol. The molecule has 0 aromatic heterocycles. The molecule has 1 aromatic rings. The van der Waals surface area contributed by atoms with Crippen LogP contribution in [0.15, 0.2) is 24.3 Å². The van der Waals surface area contributed by atoms with Gasteiger partial charge in [-0.3, -0.25) is 9.59 Å². The minimum Gasteiger partial charge on any atom is -0.484 e. The molecule has 0 atom stereocenters. The first kappa shape index (κ1) is 18.3. The fourth-order valence-corrected chi connectivity index (χ4v) is 2.96.